The van der Waals surface area contributed by atoms with Gasteiger partial charge in [-0.25, -0.2) is 0 Å². The van der Waals surface area contributed by atoms with E-state index in [1.165, 1.54) is 19.1 Å². The van der Waals surface area contributed by atoms with Crippen LogP contribution in [-0.4, -0.2) is 22.9 Å². The highest BCUT2D eigenvalue weighted by Gasteiger charge is 2.17. The zero-order valence-corrected chi connectivity index (χ0v) is 16.8. The van der Waals surface area contributed by atoms with Crippen LogP contribution < -0.4 is 10.9 Å². The molecule has 2 aromatic heterocycles. The molecule has 0 aliphatic rings. The summed E-state index contributed by atoms with van der Waals surface area (Å²) >= 11 is 0. The highest BCUT2D eigenvalue weighted by atomic mass is 32.2. The number of benzene rings is 3. The van der Waals surface area contributed by atoms with E-state index in [1.54, 1.807) is 18.2 Å². The van der Waals surface area contributed by atoms with Gasteiger partial charge < -0.3 is 9.97 Å². The molecule has 0 amide bonds. The summed E-state index contributed by atoms with van der Waals surface area (Å²) in [5, 5.41) is 1.45. The number of hydrogen-bond acceptors (Lipinski definition) is 4. The third-order valence-electron chi connectivity index (χ3n) is 5.44. The predicted octanol–water partition coefficient (Wildman–Crippen LogP) is 3.54. The molecule has 0 aliphatic carbocycles. The predicted molar refractivity (Wildman–Crippen MR) is 117 cm³/mol. The molecule has 0 radical (unpaired) electrons. The van der Waals surface area contributed by atoms with Gasteiger partial charge in [0.15, 0.2) is 10.9 Å². The highest BCUT2D eigenvalue weighted by molar-refractivity contribution is 7.85. The van der Waals surface area contributed by atoms with Gasteiger partial charge in [-0.05, 0) is 61.4 Å². The number of fused-ring (bicyclic) bond motifs is 4. The average Bonchev–Trinajstić information content (AvgIpc) is 2.66. The number of nitrogens with one attached hydrogen (secondary N) is 2. The molecule has 3 N–H and O–H groups in total. The lowest BCUT2D eigenvalue weighted by molar-refractivity contribution is 0.482. The number of aryl methyl sites for hydroxylation is 2. The second kappa shape index (κ2) is 6.01. The number of hydrogen-bond donors (Lipinski definition) is 3. The standard InChI is InChI=1S/C22H16N2O5S/c1-10-3-4-12-16(5-10)23-18-8-14-19(7-13(18)21(12)25)24-17-6-11(2)20(30(27,28)29)9-15(17)22(14)26/h3-9H,1-2H3,(H,23,25)(H,24,26)(H,27,28,29). The van der Waals surface area contributed by atoms with E-state index in [9.17, 15) is 22.6 Å². The molecule has 7 nitrogen and oxygen atoms in total. The van der Waals surface area contributed by atoms with Gasteiger partial charge >= 0.3 is 0 Å². The molecule has 30 heavy (non-hydrogen) atoms. The molecule has 0 bridgehead atoms. The maximum Gasteiger partial charge on any atom is 0.294 e. The quantitative estimate of drug-likeness (QED) is 0.283. The van der Waals surface area contributed by atoms with Gasteiger partial charge in [0.05, 0.1) is 21.4 Å². The first-order valence-electron chi connectivity index (χ1n) is 9.18. The van der Waals surface area contributed by atoms with E-state index in [2.05, 4.69) is 9.97 Å². The average molecular weight is 420 g/mol. The van der Waals surface area contributed by atoms with Crippen molar-refractivity contribution in [1.82, 2.24) is 9.97 Å². The maximum absolute atomic E-state index is 13.1. The molecule has 150 valence electrons. The third-order valence-corrected chi connectivity index (χ3v) is 6.44. The number of H-pyrrole nitrogens is 2. The van der Waals surface area contributed by atoms with Gasteiger partial charge in [-0.15, -0.1) is 0 Å². The van der Waals surface area contributed by atoms with E-state index in [0.29, 0.717) is 43.8 Å². The Balaban J connectivity index is 1.95. The zero-order valence-electron chi connectivity index (χ0n) is 16.0. The van der Waals surface area contributed by atoms with Crippen molar-refractivity contribution in [2.45, 2.75) is 18.7 Å². The van der Waals surface area contributed by atoms with Crippen LogP contribution in [0.3, 0.4) is 0 Å². The Morgan fingerprint density at radius 3 is 1.80 bits per heavy atom. The topological polar surface area (TPSA) is 120 Å². The third kappa shape index (κ3) is 2.65. The van der Waals surface area contributed by atoms with E-state index in [4.69, 9.17) is 0 Å². The number of rotatable bonds is 1. The minimum absolute atomic E-state index is 0.138. The lowest BCUT2D eigenvalue weighted by atomic mass is 10.0. The molecule has 5 aromatic rings. The van der Waals surface area contributed by atoms with Crippen LogP contribution in [0.15, 0.2) is 56.9 Å². The second-order valence-electron chi connectivity index (χ2n) is 7.54. The fourth-order valence-corrected chi connectivity index (χ4v) is 4.71. The van der Waals surface area contributed by atoms with Crippen molar-refractivity contribution in [1.29, 1.82) is 0 Å². The highest BCUT2D eigenvalue weighted by Crippen LogP contribution is 2.25. The van der Waals surface area contributed by atoms with Crippen molar-refractivity contribution in [2.75, 3.05) is 0 Å². The second-order valence-corrected chi connectivity index (χ2v) is 8.93. The Labute approximate surface area is 169 Å². The van der Waals surface area contributed by atoms with Crippen LogP contribution in [-0.2, 0) is 10.1 Å². The SMILES string of the molecule is Cc1ccc2c(=O)c3cc4[nH]c5cc(C)c(S(=O)(=O)O)cc5c(=O)c4cc3[nH]c2c1. The first-order chi connectivity index (χ1) is 14.1. The van der Waals surface area contributed by atoms with Gasteiger partial charge in [-0.1, -0.05) is 6.07 Å². The molecule has 0 aliphatic heterocycles. The summed E-state index contributed by atoms with van der Waals surface area (Å²) in [6.45, 7) is 3.46. The van der Waals surface area contributed by atoms with Gasteiger partial charge in [0.1, 0.15) is 0 Å². The molecule has 0 unspecified atom stereocenters. The minimum atomic E-state index is -4.46. The summed E-state index contributed by atoms with van der Waals surface area (Å²) in [5.74, 6) is 0. The van der Waals surface area contributed by atoms with Crippen molar-refractivity contribution < 1.29 is 13.0 Å². The summed E-state index contributed by atoms with van der Waals surface area (Å²) in [6, 6.07) is 11.4. The monoisotopic (exact) mass is 420 g/mol. The molecule has 0 saturated carbocycles. The lowest BCUT2D eigenvalue weighted by Gasteiger charge is -2.09. The fraction of sp³-hybridized carbons (Fsp3) is 0.0909. The van der Waals surface area contributed by atoms with Crippen LogP contribution in [0.25, 0.3) is 43.6 Å². The summed E-state index contributed by atoms with van der Waals surface area (Å²) in [6.07, 6.45) is 0. The number of aromatic amines is 2. The van der Waals surface area contributed by atoms with E-state index in [1.807, 2.05) is 19.1 Å². The molecule has 3 aromatic carbocycles. The Kier molecular flexibility index (Phi) is 3.71. The smallest absolute Gasteiger partial charge is 0.294 e. The van der Waals surface area contributed by atoms with Gasteiger partial charge in [-0.3, -0.25) is 14.1 Å². The minimum Gasteiger partial charge on any atom is -0.354 e. The summed E-state index contributed by atoms with van der Waals surface area (Å²) < 4.78 is 32.7. The van der Waals surface area contributed by atoms with Crippen LogP contribution in [0.5, 0.6) is 0 Å². The largest absolute Gasteiger partial charge is 0.354 e. The van der Waals surface area contributed by atoms with Crippen molar-refractivity contribution >= 4 is 53.7 Å². The van der Waals surface area contributed by atoms with E-state index < -0.39 is 15.5 Å². The molecule has 8 heteroatoms. The number of pyridine rings is 2. The molecule has 0 spiro atoms. The van der Waals surface area contributed by atoms with E-state index >= 15 is 0 Å². The first kappa shape index (κ1) is 18.5. The van der Waals surface area contributed by atoms with E-state index in [-0.39, 0.29) is 15.7 Å². The summed E-state index contributed by atoms with van der Waals surface area (Å²) in [5.41, 5.74) is 2.84. The molecule has 0 saturated heterocycles. The molecule has 5 rings (SSSR count). The molecule has 0 fully saturated rings. The lowest BCUT2D eigenvalue weighted by Crippen LogP contribution is -2.10. The van der Waals surface area contributed by atoms with Crippen molar-refractivity contribution in [2.24, 2.45) is 0 Å². The summed E-state index contributed by atoms with van der Waals surface area (Å²) in [7, 11) is -4.46. The molecular weight excluding hydrogens is 404 g/mol. The van der Waals surface area contributed by atoms with E-state index in [0.717, 1.165) is 5.56 Å². The van der Waals surface area contributed by atoms with Crippen molar-refractivity contribution in [3.63, 3.8) is 0 Å². The molecular formula is C22H16N2O5S. The Hall–Kier alpha value is -3.49. The normalized spacial score (nSPS) is 12.4. The Bertz CT molecular complexity index is 1780. The van der Waals surface area contributed by atoms with Crippen molar-refractivity contribution in [3.8, 4) is 0 Å². The van der Waals surface area contributed by atoms with Crippen LogP contribution in [0.4, 0.5) is 0 Å². The maximum atomic E-state index is 13.1. The van der Waals surface area contributed by atoms with Gasteiger partial charge in [-0.2, -0.15) is 8.42 Å². The molecule has 2 heterocycles. The zero-order chi connectivity index (χ0) is 21.4. The molecule has 0 atom stereocenters. The van der Waals surface area contributed by atoms with Crippen LogP contribution >= 0.6 is 0 Å². The van der Waals surface area contributed by atoms with Crippen LogP contribution in [0.2, 0.25) is 0 Å². The van der Waals surface area contributed by atoms with Crippen LogP contribution in [0.1, 0.15) is 11.1 Å². The Morgan fingerprint density at radius 2 is 1.20 bits per heavy atom. The number of aromatic nitrogens is 2. The first-order valence-corrected chi connectivity index (χ1v) is 10.6. The van der Waals surface area contributed by atoms with Crippen LogP contribution in [0, 0.1) is 13.8 Å². The van der Waals surface area contributed by atoms with Crippen molar-refractivity contribution in [3.05, 3.63) is 74.0 Å². The van der Waals surface area contributed by atoms with Gasteiger partial charge in [0.25, 0.3) is 10.1 Å². The van der Waals surface area contributed by atoms with Gasteiger partial charge in [0.2, 0.25) is 0 Å². The Morgan fingerprint density at radius 1 is 0.700 bits per heavy atom. The summed E-state index contributed by atoms with van der Waals surface area (Å²) in [4.78, 5) is 32.2. The fourth-order valence-electron chi connectivity index (χ4n) is 3.98. The van der Waals surface area contributed by atoms with Gasteiger partial charge in [0, 0.05) is 27.1 Å².